The molecule has 3 aliphatic carbocycles. The third kappa shape index (κ3) is 3.50. The summed E-state index contributed by atoms with van der Waals surface area (Å²) in [4.78, 5) is 0. The highest BCUT2D eigenvalue weighted by atomic mass is 127. The minimum atomic E-state index is 0.674. The number of hydrogen-bond acceptors (Lipinski definition) is 0. The van der Waals surface area contributed by atoms with Crippen LogP contribution in [0.25, 0.3) is 0 Å². The summed E-state index contributed by atoms with van der Waals surface area (Å²) in [5, 5.41) is 0.674. The Balaban J connectivity index is 1.90. The summed E-state index contributed by atoms with van der Waals surface area (Å²) in [6.07, 6.45) is 18.3. The maximum Gasteiger partial charge on any atom is 0.109 e. The van der Waals surface area contributed by atoms with Crippen LogP contribution in [0.2, 0.25) is 5.31 Å². The first-order chi connectivity index (χ1) is 10.1. The molecule has 3 aliphatic rings. The summed E-state index contributed by atoms with van der Waals surface area (Å²) in [6.45, 7) is 2.51. The fourth-order valence-corrected chi connectivity index (χ4v) is 7.23. The van der Waals surface area contributed by atoms with Crippen molar-refractivity contribution in [3.8, 4) is 0 Å². The van der Waals surface area contributed by atoms with Crippen molar-refractivity contribution < 1.29 is 0 Å². The highest BCUT2D eigenvalue weighted by molar-refractivity contribution is 14.1. The summed E-state index contributed by atoms with van der Waals surface area (Å²) in [7, 11) is 2.69. The lowest BCUT2D eigenvalue weighted by Crippen LogP contribution is -2.42. The fraction of sp³-hybridized carbons (Fsp3) is 1.00. The van der Waals surface area contributed by atoms with Crippen LogP contribution in [0.3, 0.4) is 0 Å². The molecule has 2 heteroatoms. The highest BCUT2D eigenvalue weighted by Crippen LogP contribution is 2.59. The van der Waals surface area contributed by atoms with Gasteiger partial charge in [0.1, 0.15) is 7.85 Å². The maximum atomic E-state index is 2.76. The average Bonchev–Trinajstić information content (AvgIpc) is 2.67. The van der Waals surface area contributed by atoms with Crippen molar-refractivity contribution in [2.45, 2.75) is 93.2 Å². The number of fused-ring (bicyclic) bond motifs is 1. The molecule has 120 valence electrons. The number of halogens is 1. The molecule has 0 radical (unpaired) electrons. The SMILES string of the molecule is BC1(C2C(C(C)I)CCCC3CCCCC32)CCCCC1. The Hall–Kier alpha value is 0.795. The van der Waals surface area contributed by atoms with Crippen LogP contribution in [-0.4, -0.2) is 11.8 Å². The van der Waals surface area contributed by atoms with Crippen LogP contribution in [0.1, 0.15) is 84.0 Å². The van der Waals surface area contributed by atoms with E-state index in [0.29, 0.717) is 5.31 Å². The van der Waals surface area contributed by atoms with E-state index in [4.69, 9.17) is 0 Å². The number of rotatable bonds is 2. The second-order valence-corrected chi connectivity index (χ2v) is 10.7. The Morgan fingerprint density at radius 2 is 1.57 bits per heavy atom. The van der Waals surface area contributed by atoms with Gasteiger partial charge in [0.2, 0.25) is 0 Å². The minimum absolute atomic E-state index is 0.674. The van der Waals surface area contributed by atoms with Gasteiger partial charge in [0.15, 0.2) is 0 Å². The highest BCUT2D eigenvalue weighted by Gasteiger charge is 2.48. The standard InChI is InChI=1S/C19H34BI/c1-14(21)16-11-7-9-15-8-3-4-10-17(15)18(16)19(20)12-5-2-6-13-19/h14-18H,2-13,20H2,1H3. The molecule has 3 saturated carbocycles. The van der Waals surface area contributed by atoms with E-state index < -0.39 is 0 Å². The third-order valence-corrected chi connectivity index (χ3v) is 8.32. The molecule has 5 atom stereocenters. The smallest absolute Gasteiger partial charge is 0.0826 e. The molecule has 0 amide bonds. The fourth-order valence-electron chi connectivity index (χ4n) is 6.42. The average molecular weight is 400 g/mol. The zero-order valence-electron chi connectivity index (χ0n) is 14.2. The largest absolute Gasteiger partial charge is 0.109 e. The quantitative estimate of drug-likeness (QED) is 0.313. The summed E-state index contributed by atoms with van der Waals surface area (Å²) in [5.74, 6) is 4.20. The van der Waals surface area contributed by atoms with Gasteiger partial charge in [0.25, 0.3) is 0 Å². The van der Waals surface area contributed by atoms with E-state index in [1.807, 2.05) is 0 Å². The van der Waals surface area contributed by atoms with Crippen LogP contribution in [0.4, 0.5) is 0 Å². The Bertz CT molecular complexity index is 334. The molecule has 0 bridgehead atoms. The molecule has 3 rings (SSSR count). The van der Waals surface area contributed by atoms with Crippen molar-refractivity contribution in [3.63, 3.8) is 0 Å². The minimum Gasteiger partial charge on any atom is -0.0826 e. The maximum absolute atomic E-state index is 2.76. The van der Waals surface area contributed by atoms with Crippen LogP contribution in [0.5, 0.6) is 0 Å². The molecule has 0 spiro atoms. The van der Waals surface area contributed by atoms with Gasteiger partial charge < -0.3 is 0 Å². The van der Waals surface area contributed by atoms with Crippen molar-refractivity contribution in [2.24, 2.45) is 23.7 Å². The van der Waals surface area contributed by atoms with Gasteiger partial charge in [-0.05, 0) is 36.5 Å². The van der Waals surface area contributed by atoms with E-state index in [1.165, 1.54) is 57.8 Å². The Morgan fingerprint density at radius 3 is 2.29 bits per heavy atom. The Morgan fingerprint density at radius 1 is 0.905 bits per heavy atom. The lowest BCUT2D eigenvalue weighted by atomic mass is 9.46. The molecule has 0 aromatic rings. The number of hydrogen-bond donors (Lipinski definition) is 0. The van der Waals surface area contributed by atoms with Crippen molar-refractivity contribution in [2.75, 3.05) is 0 Å². The Kier molecular flexibility index (Phi) is 5.66. The molecule has 0 aromatic carbocycles. The Labute approximate surface area is 147 Å². The molecule has 5 unspecified atom stereocenters. The van der Waals surface area contributed by atoms with Crippen molar-refractivity contribution in [1.82, 2.24) is 0 Å². The predicted molar refractivity (Wildman–Crippen MR) is 104 cm³/mol. The summed E-state index contributed by atoms with van der Waals surface area (Å²) in [6, 6.07) is 0. The summed E-state index contributed by atoms with van der Waals surface area (Å²) in [5.41, 5.74) is 0. The van der Waals surface area contributed by atoms with Crippen LogP contribution in [-0.2, 0) is 0 Å². The summed E-state index contributed by atoms with van der Waals surface area (Å²) >= 11 is 2.76. The second-order valence-electron chi connectivity index (χ2n) is 8.72. The molecule has 0 saturated heterocycles. The molecule has 0 N–H and O–H groups in total. The lowest BCUT2D eigenvalue weighted by molar-refractivity contribution is 0.0732. The van der Waals surface area contributed by atoms with Crippen molar-refractivity contribution >= 4 is 30.4 Å². The molecule has 0 aliphatic heterocycles. The van der Waals surface area contributed by atoms with Gasteiger partial charge in [0.05, 0.1) is 0 Å². The van der Waals surface area contributed by atoms with Gasteiger partial charge in [-0.1, -0.05) is 99.0 Å². The van der Waals surface area contributed by atoms with E-state index in [-0.39, 0.29) is 0 Å². The first-order valence-corrected chi connectivity index (χ1v) is 11.0. The normalized spacial score (nSPS) is 41.8. The molecule has 0 nitrogen and oxygen atoms in total. The monoisotopic (exact) mass is 400 g/mol. The predicted octanol–water partition coefficient (Wildman–Crippen LogP) is 5.79. The van der Waals surface area contributed by atoms with E-state index in [0.717, 1.165) is 27.6 Å². The number of alkyl halides is 1. The molecule has 0 aromatic heterocycles. The van der Waals surface area contributed by atoms with Gasteiger partial charge >= 0.3 is 0 Å². The lowest BCUT2D eigenvalue weighted by Gasteiger charge is -2.51. The van der Waals surface area contributed by atoms with Gasteiger partial charge in [-0.15, -0.1) is 0 Å². The van der Waals surface area contributed by atoms with Gasteiger partial charge in [0, 0.05) is 3.92 Å². The molecule has 3 fully saturated rings. The van der Waals surface area contributed by atoms with Crippen molar-refractivity contribution in [3.05, 3.63) is 0 Å². The van der Waals surface area contributed by atoms with Crippen LogP contribution < -0.4 is 0 Å². The van der Waals surface area contributed by atoms with Gasteiger partial charge in [-0.25, -0.2) is 0 Å². The van der Waals surface area contributed by atoms with Gasteiger partial charge in [-0.2, -0.15) is 0 Å². The topological polar surface area (TPSA) is 0 Å². The van der Waals surface area contributed by atoms with Crippen LogP contribution in [0.15, 0.2) is 0 Å². The van der Waals surface area contributed by atoms with Crippen LogP contribution >= 0.6 is 22.6 Å². The zero-order valence-corrected chi connectivity index (χ0v) is 16.4. The van der Waals surface area contributed by atoms with Crippen LogP contribution in [0, 0.1) is 23.7 Å². The third-order valence-electron chi connectivity index (χ3n) is 7.39. The molecular formula is C19H34BI. The summed E-state index contributed by atoms with van der Waals surface area (Å²) < 4.78 is 0.868. The first kappa shape index (κ1) is 16.6. The molecule has 0 heterocycles. The zero-order chi connectivity index (χ0) is 14.9. The second kappa shape index (κ2) is 7.13. The van der Waals surface area contributed by atoms with E-state index in [2.05, 4.69) is 37.4 Å². The van der Waals surface area contributed by atoms with Crippen molar-refractivity contribution in [1.29, 1.82) is 0 Å². The van der Waals surface area contributed by atoms with Gasteiger partial charge in [-0.3, -0.25) is 0 Å². The van der Waals surface area contributed by atoms with E-state index >= 15 is 0 Å². The van der Waals surface area contributed by atoms with E-state index in [9.17, 15) is 0 Å². The van der Waals surface area contributed by atoms with E-state index in [1.54, 1.807) is 19.3 Å². The molecule has 21 heavy (non-hydrogen) atoms. The molecular weight excluding hydrogens is 366 g/mol. The first-order valence-electron chi connectivity index (χ1n) is 9.76.